The monoisotopic (exact) mass is 233 g/mol. The van der Waals surface area contributed by atoms with Crippen LogP contribution in [0.2, 0.25) is 5.15 Å². The van der Waals surface area contributed by atoms with Crippen molar-refractivity contribution in [3.8, 4) is 0 Å². The molecule has 0 atom stereocenters. The van der Waals surface area contributed by atoms with E-state index in [0.717, 1.165) is 22.2 Å². The third kappa shape index (κ3) is 1.20. The first-order valence-corrected chi connectivity index (χ1v) is 5.21. The maximum atomic E-state index is 5.95. The van der Waals surface area contributed by atoms with Gasteiger partial charge >= 0.3 is 0 Å². The maximum Gasteiger partial charge on any atom is 0.229 e. The standard InChI is InChI=1S/C11H8ClN3O/c1-5-3-6(2)15-11-7(5)8-9(16-11)10(12)14-4-13-8/h3-4H,1-2H3. The SMILES string of the molecule is Cc1cc(C)c2c(n1)oc1c(Cl)ncnc12. The van der Waals surface area contributed by atoms with Crippen LogP contribution < -0.4 is 0 Å². The van der Waals surface area contributed by atoms with Crippen LogP contribution in [0, 0.1) is 13.8 Å². The average molecular weight is 234 g/mol. The number of hydrogen-bond acceptors (Lipinski definition) is 4. The summed E-state index contributed by atoms with van der Waals surface area (Å²) in [5.41, 5.74) is 3.78. The quantitative estimate of drug-likeness (QED) is 0.560. The molecule has 3 aromatic rings. The van der Waals surface area contributed by atoms with E-state index >= 15 is 0 Å². The molecule has 3 aromatic heterocycles. The number of halogens is 1. The molecule has 0 fully saturated rings. The molecule has 0 unspecified atom stereocenters. The Labute approximate surface area is 96.3 Å². The molecule has 5 heteroatoms. The zero-order valence-corrected chi connectivity index (χ0v) is 9.54. The first-order valence-electron chi connectivity index (χ1n) is 4.84. The van der Waals surface area contributed by atoms with Crippen LogP contribution >= 0.6 is 11.6 Å². The molecule has 0 aliphatic heterocycles. The van der Waals surface area contributed by atoms with E-state index in [9.17, 15) is 0 Å². The van der Waals surface area contributed by atoms with Crippen molar-refractivity contribution in [3.63, 3.8) is 0 Å². The third-order valence-corrected chi connectivity index (χ3v) is 2.78. The number of rotatable bonds is 0. The summed E-state index contributed by atoms with van der Waals surface area (Å²) in [6.45, 7) is 3.93. The predicted molar refractivity (Wildman–Crippen MR) is 61.6 cm³/mol. The number of hydrogen-bond donors (Lipinski definition) is 0. The van der Waals surface area contributed by atoms with Gasteiger partial charge in [0, 0.05) is 5.69 Å². The van der Waals surface area contributed by atoms with Gasteiger partial charge in [0.05, 0.1) is 5.39 Å². The van der Waals surface area contributed by atoms with Crippen molar-refractivity contribution in [3.05, 3.63) is 28.8 Å². The maximum absolute atomic E-state index is 5.95. The molecular formula is C11H8ClN3O. The number of furan rings is 1. The van der Waals surface area contributed by atoms with E-state index < -0.39 is 0 Å². The minimum absolute atomic E-state index is 0.319. The van der Waals surface area contributed by atoms with Crippen molar-refractivity contribution in [2.24, 2.45) is 0 Å². The smallest absolute Gasteiger partial charge is 0.229 e. The summed E-state index contributed by atoms with van der Waals surface area (Å²) in [6, 6.07) is 1.99. The van der Waals surface area contributed by atoms with E-state index in [4.69, 9.17) is 16.0 Å². The molecular weight excluding hydrogens is 226 g/mol. The van der Waals surface area contributed by atoms with Gasteiger partial charge in [0.2, 0.25) is 5.71 Å². The minimum atomic E-state index is 0.319. The van der Waals surface area contributed by atoms with Gasteiger partial charge in [-0.1, -0.05) is 11.6 Å². The van der Waals surface area contributed by atoms with E-state index in [-0.39, 0.29) is 0 Å². The predicted octanol–water partition coefficient (Wildman–Crippen LogP) is 3.04. The molecule has 0 aliphatic rings. The van der Waals surface area contributed by atoms with Crippen molar-refractivity contribution in [1.82, 2.24) is 15.0 Å². The van der Waals surface area contributed by atoms with E-state index in [1.54, 1.807) is 0 Å². The normalized spacial score (nSPS) is 11.4. The van der Waals surface area contributed by atoms with Crippen molar-refractivity contribution in [2.75, 3.05) is 0 Å². The summed E-state index contributed by atoms with van der Waals surface area (Å²) >= 11 is 5.95. The van der Waals surface area contributed by atoms with Crippen LogP contribution in [0.25, 0.3) is 22.2 Å². The average Bonchev–Trinajstić information content (AvgIpc) is 2.57. The van der Waals surface area contributed by atoms with Gasteiger partial charge in [-0.2, -0.15) is 0 Å². The third-order valence-electron chi connectivity index (χ3n) is 2.51. The first kappa shape index (κ1) is 9.54. The second-order valence-corrected chi connectivity index (χ2v) is 4.06. The second-order valence-electron chi connectivity index (χ2n) is 3.70. The molecule has 3 rings (SSSR count). The van der Waals surface area contributed by atoms with Crippen LogP contribution in [0.4, 0.5) is 0 Å². The van der Waals surface area contributed by atoms with E-state index in [0.29, 0.717) is 16.4 Å². The molecule has 0 aliphatic carbocycles. The highest BCUT2D eigenvalue weighted by Crippen LogP contribution is 2.31. The molecule has 0 aromatic carbocycles. The second kappa shape index (κ2) is 3.15. The van der Waals surface area contributed by atoms with Crippen molar-refractivity contribution < 1.29 is 4.42 Å². The zero-order chi connectivity index (χ0) is 11.3. The Morgan fingerprint density at radius 1 is 1.25 bits per heavy atom. The number of pyridine rings is 1. The molecule has 0 saturated heterocycles. The zero-order valence-electron chi connectivity index (χ0n) is 8.78. The van der Waals surface area contributed by atoms with Crippen LogP contribution in [0.1, 0.15) is 11.3 Å². The lowest BCUT2D eigenvalue weighted by molar-refractivity contribution is 0.649. The molecule has 0 bridgehead atoms. The molecule has 0 N–H and O–H groups in total. The van der Waals surface area contributed by atoms with Crippen LogP contribution in [0.15, 0.2) is 16.8 Å². The van der Waals surface area contributed by atoms with Crippen LogP contribution in [0.3, 0.4) is 0 Å². The van der Waals surface area contributed by atoms with Crippen LogP contribution in [0.5, 0.6) is 0 Å². The van der Waals surface area contributed by atoms with Gasteiger partial charge < -0.3 is 4.42 Å². The van der Waals surface area contributed by atoms with Gasteiger partial charge in [-0.05, 0) is 25.5 Å². The van der Waals surface area contributed by atoms with E-state index in [1.165, 1.54) is 6.33 Å². The summed E-state index contributed by atoms with van der Waals surface area (Å²) in [4.78, 5) is 12.4. The number of aryl methyl sites for hydroxylation is 2. The first-order chi connectivity index (χ1) is 7.66. The van der Waals surface area contributed by atoms with E-state index in [2.05, 4.69) is 15.0 Å². The lowest BCUT2D eigenvalue weighted by atomic mass is 10.1. The van der Waals surface area contributed by atoms with Crippen molar-refractivity contribution in [1.29, 1.82) is 0 Å². The van der Waals surface area contributed by atoms with Gasteiger partial charge in [0.15, 0.2) is 10.7 Å². The van der Waals surface area contributed by atoms with E-state index in [1.807, 2.05) is 19.9 Å². The summed E-state index contributed by atoms with van der Waals surface area (Å²) in [5, 5.41) is 1.23. The number of nitrogens with zero attached hydrogens (tertiary/aromatic N) is 3. The topological polar surface area (TPSA) is 51.8 Å². The summed E-state index contributed by atoms with van der Waals surface area (Å²) < 4.78 is 5.58. The van der Waals surface area contributed by atoms with Crippen molar-refractivity contribution >= 4 is 33.8 Å². The largest absolute Gasteiger partial charge is 0.433 e. The summed E-state index contributed by atoms with van der Waals surface area (Å²) in [6.07, 6.45) is 1.43. The van der Waals surface area contributed by atoms with Gasteiger partial charge in [-0.25, -0.2) is 15.0 Å². The molecule has 16 heavy (non-hydrogen) atoms. The molecule has 4 nitrogen and oxygen atoms in total. The highest BCUT2D eigenvalue weighted by Gasteiger charge is 2.14. The Hall–Kier alpha value is -1.68. The minimum Gasteiger partial charge on any atom is -0.433 e. The summed E-state index contributed by atoms with van der Waals surface area (Å²) in [5.74, 6) is 0. The van der Waals surface area contributed by atoms with Gasteiger partial charge in [-0.15, -0.1) is 0 Å². The van der Waals surface area contributed by atoms with Crippen LogP contribution in [-0.2, 0) is 0 Å². The molecule has 0 spiro atoms. The highest BCUT2D eigenvalue weighted by molar-refractivity contribution is 6.34. The van der Waals surface area contributed by atoms with Gasteiger partial charge in [0.25, 0.3) is 0 Å². The molecule has 3 heterocycles. The Bertz CT molecular complexity index is 705. The fraction of sp³-hybridized carbons (Fsp3) is 0.182. The number of aromatic nitrogens is 3. The summed E-state index contributed by atoms with van der Waals surface area (Å²) in [7, 11) is 0. The molecule has 0 radical (unpaired) electrons. The lowest BCUT2D eigenvalue weighted by Gasteiger charge is -1.96. The Balaban J connectivity index is 2.61. The Kier molecular flexibility index (Phi) is 1.88. The Morgan fingerprint density at radius 3 is 2.88 bits per heavy atom. The van der Waals surface area contributed by atoms with Gasteiger partial charge in [0.1, 0.15) is 11.8 Å². The molecule has 0 amide bonds. The molecule has 80 valence electrons. The number of fused-ring (bicyclic) bond motifs is 3. The Morgan fingerprint density at radius 2 is 2.06 bits per heavy atom. The fourth-order valence-electron chi connectivity index (χ4n) is 1.88. The highest BCUT2D eigenvalue weighted by atomic mass is 35.5. The van der Waals surface area contributed by atoms with Gasteiger partial charge in [-0.3, -0.25) is 0 Å². The fourth-order valence-corrected chi connectivity index (χ4v) is 2.05. The van der Waals surface area contributed by atoms with Crippen LogP contribution in [-0.4, -0.2) is 15.0 Å². The molecule has 0 saturated carbocycles. The lowest BCUT2D eigenvalue weighted by Crippen LogP contribution is -1.85. The van der Waals surface area contributed by atoms with Crippen molar-refractivity contribution in [2.45, 2.75) is 13.8 Å².